The second kappa shape index (κ2) is 5.54. The number of carbonyl (C=O) groups excluding carboxylic acids is 1. The predicted molar refractivity (Wildman–Crippen MR) is 73.7 cm³/mol. The van der Waals surface area contributed by atoms with Crippen LogP contribution in [-0.2, 0) is 10.2 Å². The standard InChI is InChI=1S/C14H20ClNO/c1-10(9-15)13(17)16-12-7-5-11(6-8-12)14(2,3)4/h5-8,10H,9H2,1-4H3,(H,16,17). The summed E-state index contributed by atoms with van der Waals surface area (Å²) in [5.74, 6) is 0.133. The molecule has 0 bridgehead atoms. The van der Waals surface area contributed by atoms with Crippen molar-refractivity contribution in [3.63, 3.8) is 0 Å². The number of alkyl halides is 1. The van der Waals surface area contributed by atoms with E-state index in [0.717, 1.165) is 5.69 Å². The Hall–Kier alpha value is -1.02. The van der Waals surface area contributed by atoms with Gasteiger partial charge in [0, 0.05) is 17.5 Å². The average Bonchev–Trinajstić information content (AvgIpc) is 2.27. The lowest BCUT2D eigenvalue weighted by atomic mass is 9.87. The lowest BCUT2D eigenvalue weighted by Crippen LogP contribution is -2.21. The molecule has 1 aromatic rings. The second-order valence-electron chi connectivity index (χ2n) is 5.37. The molecule has 1 atom stereocenters. The fourth-order valence-corrected chi connectivity index (χ4v) is 1.53. The van der Waals surface area contributed by atoms with E-state index in [2.05, 4.69) is 26.1 Å². The highest BCUT2D eigenvalue weighted by Crippen LogP contribution is 2.23. The smallest absolute Gasteiger partial charge is 0.228 e. The van der Waals surface area contributed by atoms with Gasteiger partial charge >= 0.3 is 0 Å². The van der Waals surface area contributed by atoms with Crippen molar-refractivity contribution >= 4 is 23.2 Å². The first-order chi connectivity index (χ1) is 7.84. The topological polar surface area (TPSA) is 29.1 Å². The third kappa shape index (κ3) is 4.04. The second-order valence-corrected chi connectivity index (χ2v) is 5.68. The molecule has 0 aliphatic carbocycles. The van der Waals surface area contributed by atoms with Gasteiger partial charge in [-0.25, -0.2) is 0 Å². The van der Waals surface area contributed by atoms with Gasteiger partial charge in [0.05, 0.1) is 0 Å². The summed E-state index contributed by atoms with van der Waals surface area (Å²) in [5.41, 5.74) is 2.20. The number of halogens is 1. The van der Waals surface area contributed by atoms with Crippen LogP contribution >= 0.6 is 11.6 Å². The number of carbonyl (C=O) groups is 1. The lowest BCUT2D eigenvalue weighted by Gasteiger charge is -2.19. The summed E-state index contributed by atoms with van der Waals surface area (Å²) in [5, 5.41) is 2.85. The summed E-state index contributed by atoms with van der Waals surface area (Å²) in [7, 11) is 0. The van der Waals surface area contributed by atoms with Gasteiger partial charge in [-0.3, -0.25) is 4.79 Å². The molecule has 1 N–H and O–H groups in total. The van der Waals surface area contributed by atoms with Crippen LogP contribution in [0.25, 0.3) is 0 Å². The van der Waals surface area contributed by atoms with E-state index in [1.165, 1.54) is 5.56 Å². The van der Waals surface area contributed by atoms with Gasteiger partial charge in [0.15, 0.2) is 0 Å². The average molecular weight is 254 g/mol. The predicted octanol–water partition coefficient (Wildman–Crippen LogP) is 3.80. The van der Waals surface area contributed by atoms with Gasteiger partial charge in [0.1, 0.15) is 0 Å². The number of rotatable bonds is 3. The molecule has 0 saturated heterocycles. The van der Waals surface area contributed by atoms with Crippen molar-refractivity contribution in [1.29, 1.82) is 0 Å². The molecule has 0 fully saturated rings. The number of benzene rings is 1. The van der Waals surface area contributed by atoms with E-state index < -0.39 is 0 Å². The molecule has 94 valence electrons. The van der Waals surface area contributed by atoms with Crippen LogP contribution in [0.1, 0.15) is 33.3 Å². The molecule has 0 aliphatic heterocycles. The van der Waals surface area contributed by atoms with Crippen LogP contribution in [0.2, 0.25) is 0 Å². The largest absolute Gasteiger partial charge is 0.326 e. The van der Waals surface area contributed by atoms with Gasteiger partial charge in [0.2, 0.25) is 5.91 Å². The van der Waals surface area contributed by atoms with Gasteiger partial charge in [-0.2, -0.15) is 0 Å². The first-order valence-corrected chi connectivity index (χ1v) is 6.35. The minimum Gasteiger partial charge on any atom is -0.326 e. The summed E-state index contributed by atoms with van der Waals surface area (Å²) in [6, 6.07) is 7.95. The normalized spacial score (nSPS) is 13.2. The Morgan fingerprint density at radius 2 is 1.82 bits per heavy atom. The molecule has 0 spiro atoms. The highest BCUT2D eigenvalue weighted by Gasteiger charge is 2.14. The Morgan fingerprint density at radius 3 is 2.24 bits per heavy atom. The lowest BCUT2D eigenvalue weighted by molar-refractivity contribution is -0.118. The van der Waals surface area contributed by atoms with Crippen LogP contribution < -0.4 is 5.32 Å². The van der Waals surface area contributed by atoms with Crippen LogP contribution in [0.3, 0.4) is 0 Å². The zero-order chi connectivity index (χ0) is 13.1. The highest BCUT2D eigenvalue weighted by molar-refractivity contribution is 6.19. The molecule has 2 nitrogen and oxygen atoms in total. The molecule has 1 aromatic carbocycles. The Kier molecular flexibility index (Phi) is 4.58. The van der Waals surface area contributed by atoms with E-state index in [4.69, 9.17) is 11.6 Å². The molecular formula is C14H20ClNO. The Bertz CT molecular complexity index is 378. The maximum Gasteiger partial charge on any atom is 0.228 e. The monoisotopic (exact) mass is 253 g/mol. The molecule has 1 rings (SSSR count). The number of nitrogens with one attached hydrogen (secondary N) is 1. The van der Waals surface area contributed by atoms with Gasteiger partial charge in [-0.05, 0) is 23.1 Å². The van der Waals surface area contributed by atoms with Crippen LogP contribution in [0.5, 0.6) is 0 Å². The molecule has 0 aromatic heterocycles. The van der Waals surface area contributed by atoms with Crippen molar-refractivity contribution < 1.29 is 4.79 Å². The van der Waals surface area contributed by atoms with E-state index in [1.54, 1.807) is 0 Å². The quantitative estimate of drug-likeness (QED) is 0.816. The number of hydrogen-bond donors (Lipinski definition) is 1. The van der Waals surface area contributed by atoms with Crippen molar-refractivity contribution in [3.8, 4) is 0 Å². The Balaban J connectivity index is 2.73. The minimum atomic E-state index is -0.168. The summed E-state index contributed by atoms with van der Waals surface area (Å²) >= 11 is 5.64. The fraction of sp³-hybridized carbons (Fsp3) is 0.500. The molecule has 0 radical (unpaired) electrons. The third-order valence-electron chi connectivity index (χ3n) is 2.70. The summed E-state index contributed by atoms with van der Waals surface area (Å²) in [6.45, 7) is 8.30. The first kappa shape index (κ1) is 14.0. The van der Waals surface area contributed by atoms with E-state index in [9.17, 15) is 4.79 Å². The number of hydrogen-bond acceptors (Lipinski definition) is 1. The Labute approximate surface area is 108 Å². The highest BCUT2D eigenvalue weighted by atomic mass is 35.5. The van der Waals surface area contributed by atoms with Crippen LogP contribution in [0.4, 0.5) is 5.69 Å². The van der Waals surface area contributed by atoms with E-state index >= 15 is 0 Å². The van der Waals surface area contributed by atoms with Crippen LogP contribution in [0.15, 0.2) is 24.3 Å². The van der Waals surface area contributed by atoms with Crippen molar-refractivity contribution in [2.45, 2.75) is 33.1 Å². The first-order valence-electron chi connectivity index (χ1n) is 5.82. The summed E-state index contributed by atoms with van der Waals surface area (Å²) in [4.78, 5) is 11.6. The SMILES string of the molecule is CC(CCl)C(=O)Nc1ccc(C(C)(C)C)cc1. The van der Waals surface area contributed by atoms with Gasteiger partial charge in [0.25, 0.3) is 0 Å². The van der Waals surface area contributed by atoms with Crippen molar-refractivity contribution in [2.75, 3.05) is 11.2 Å². The van der Waals surface area contributed by atoms with E-state index in [0.29, 0.717) is 5.88 Å². The van der Waals surface area contributed by atoms with Crippen molar-refractivity contribution in [1.82, 2.24) is 0 Å². The van der Waals surface area contributed by atoms with Crippen LogP contribution in [-0.4, -0.2) is 11.8 Å². The molecule has 1 unspecified atom stereocenters. The number of anilines is 1. The molecule has 17 heavy (non-hydrogen) atoms. The van der Waals surface area contributed by atoms with Gasteiger partial charge in [-0.15, -0.1) is 11.6 Å². The maximum absolute atomic E-state index is 11.6. The van der Waals surface area contributed by atoms with E-state index in [1.807, 2.05) is 31.2 Å². The summed E-state index contributed by atoms with van der Waals surface area (Å²) < 4.78 is 0. The number of amides is 1. The van der Waals surface area contributed by atoms with Crippen molar-refractivity contribution in [2.24, 2.45) is 5.92 Å². The maximum atomic E-state index is 11.6. The summed E-state index contributed by atoms with van der Waals surface area (Å²) in [6.07, 6.45) is 0. The van der Waals surface area contributed by atoms with E-state index in [-0.39, 0.29) is 17.2 Å². The zero-order valence-electron chi connectivity index (χ0n) is 10.9. The third-order valence-corrected chi connectivity index (χ3v) is 3.16. The molecule has 0 aliphatic rings. The van der Waals surface area contributed by atoms with Crippen LogP contribution in [0, 0.1) is 5.92 Å². The molecular weight excluding hydrogens is 234 g/mol. The van der Waals surface area contributed by atoms with Crippen molar-refractivity contribution in [3.05, 3.63) is 29.8 Å². The fourth-order valence-electron chi connectivity index (χ4n) is 1.39. The molecule has 0 saturated carbocycles. The molecule has 3 heteroatoms. The zero-order valence-corrected chi connectivity index (χ0v) is 11.6. The van der Waals surface area contributed by atoms with Gasteiger partial charge in [-0.1, -0.05) is 39.8 Å². The molecule has 0 heterocycles. The Morgan fingerprint density at radius 1 is 1.29 bits per heavy atom. The minimum absolute atomic E-state index is 0.0384. The molecule has 1 amide bonds. The van der Waals surface area contributed by atoms with Gasteiger partial charge < -0.3 is 5.32 Å².